The van der Waals surface area contributed by atoms with Gasteiger partial charge in [-0.15, -0.1) is 0 Å². The van der Waals surface area contributed by atoms with Gasteiger partial charge in [-0.25, -0.2) is 0 Å². The number of hydrogen-bond acceptors (Lipinski definition) is 3. The van der Waals surface area contributed by atoms with Gasteiger partial charge in [0, 0.05) is 12.5 Å². The first-order valence-electron chi connectivity index (χ1n) is 5.90. The van der Waals surface area contributed by atoms with Gasteiger partial charge in [-0.2, -0.15) is 0 Å². The quantitative estimate of drug-likeness (QED) is 0.830. The van der Waals surface area contributed by atoms with Crippen molar-refractivity contribution in [3.05, 3.63) is 30.3 Å². The van der Waals surface area contributed by atoms with Crippen molar-refractivity contribution in [1.29, 1.82) is 0 Å². The van der Waals surface area contributed by atoms with Crippen LogP contribution in [0, 0.1) is 5.92 Å². The van der Waals surface area contributed by atoms with Crippen LogP contribution in [0.15, 0.2) is 30.3 Å². The minimum atomic E-state index is -0.795. The van der Waals surface area contributed by atoms with Crippen LogP contribution in [0.1, 0.15) is 13.3 Å². The molecule has 17 heavy (non-hydrogen) atoms. The van der Waals surface area contributed by atoms with Gasteiger partial charge in [0.25, 0.3) is 0 Å². The van der Waals surface area contributed by atoms with Crippen LogP contribution >= 0.6 is 0 Å². The fourth-order valence-electron chi connectivity index (χ4n) is 2.33. The molecule has 1 saturated heterocycles. The van der Waals surface area contributed by atoms with Gasteiger partial charge in [-0.3, -0.25) is 4.79 Å². The molecule has 0 spiro atoms. The average molecular weight is 235 g/mol. The number of carbonyl (C=O) groups is 1. The van der Waals surface area contributed by atoms with E-state index < -0.39 is 12.0 Å². The summed E-state index contributed by atoms with van der Waals surface area (Å²) in [7, 11) is 0. The molecule has 2 N–H and O–H groups in total. The summed E-state index contributed by atoms with van der Waals surface area (Å²) in [5.74, 6) is 0.0208. The van der Waals surface area contributed by atoms with E-state index in [4.69, 9.17) is 9.84 Å². The topological polar surface area (TPSA) is 58.6 Å². The summed E-state index contributed by atoms with van der Waals surface area (Å²) < 4.78 is 5.83. The lowest BCUT2D eigenvalue weighted by atomic mass is 9.95. The van der Waals surface area contributed by atoms with E-state index in [1.165, 1.54) is 0 Å². The first-order chi connectivity index (χ1) is 8.22. The third-order valence-electron chi connectivity index (χ3n) is 3.21. The Morgan fingerprint density at radius 3 is 2.76 bits per heavy atom. The highest BCUT2D eigenvalue weighted by Crippen LogP contribution is 2.24. The summed E-state index contributed by atoms with van der Waals surface area (Å²) in [6.07, 6.45) is 0.727. The Hall–Kier alpha value is -1.55. The number of ether oxygens (including phenoxy) is 1. The summed E-state index contributed by atoms with van der Waals surface area (Å²) >= 11 is 0. The van der Waals surface area contributed by atoms with Crippen molar-refractivity contribution in [2.75, 3.05) is 6.54 Å². The van der Waals surface area contributed by atoms with Crippen LogP contribution < -0.4 is 10.1 Å². The predicted molar refractivity (Wildman–Crippen MR) is 64.1 cm³/mol. The standard InChI is InChI=1S/C13H17NO3/c1-2-10-11(8-14-12(10)13(15)16)17-9-6-4-3-5-7-9/h3-7,10-12,14H,2,8H2,1H3,(H,15,16)/t10-,11+,12-/m0/s1. The molecular weight excluding hydrogens is 218 g/mol. The van der Waals surface area contributed by atoms with Gasteiger partial charge in [0.05, 0.1) is 0 Å². The molecule has 0 unspecified atom stereocenters. The molecule has 92 valence electrons. The molecule has 3 atom stereocenters. The number of rotatable bonds is 4. The van der Waals surface area contributed by atoms with Gasteiger partial charge in [0.15, 0.2) is 0 Å². The largest absolute Gasteiger partial charge is 0.489 e. The lowest BCUT2D eigenvalue weighted by molar-refractivity contribution is -0.140. The zero-order valence-electron chi connectivity index (χ0n) is 9.80. The van der Waals surface area contributed by atoms with Gasteiger partial charge >= 0.3 is 5.97 Å². The van der Waals surface area contributed by atoms with E-state index in [1.54, 1.807) is 0 Å². The molecule has 0 saturated carbocycles. The summed E-state index contributed by atoms with van der Waals surface area (Å²) in [6, 6.07) is 9.04. The second-order valence-corrected chi connectivity index (χ2v) is 4.27. The number of aliphatic carboxylic acids is 1. The smallest absolute Gasteiger partial charge is 0.321 e. The van der Waals surface area contributed by atoms with Gasteiger partial charge in [0.2, 0.25) is 0 Å². The highest BCUT2D eigenvalue weighted by Gasteiger charge is 2.40. The van der Waals surface area contributed by atoms with E-state index in [0.717, 1.165) is 12.2 Å². The Morgan fingerprint density at radius 1 is 1.47 bits per heavy atom. The molecule has 0 aliphatic carbocycles. The SMILES string of the molecule is CC[C@@H]1[C@@H](C(=O)O)NC[C@H]1Oc1ccccc1. The monoisotopic (exact) mass is 235 g/mol. The van der Waals surface area contributed by atoms with E-state index in [0.29, 0.717) is 6.54 Å². The van der Waals surface area contributed by atoms with E-state index in [2.05, 4.69) is 5.32 Å². The van der Waals surface area contributed by atoms with E-state index in [9.17, 15) is 4.79 Å². The zero-order valence-corrected chi connectivity index (χ0v) is 9.80. The molecule has 1 aromatic rings. The number of benzene rings is 1. The summed E-state index contributed by atoms with van der Waals surface area (Å²) in [6.45, 7) is 2.58. The third kappa shape index (κ3) is 2.58. The molecule has 1 aliphatic rings. The molecule has 4 heteroatoms. The van der Waals surface area contributed by atoms with Crippen molar-refractivity contribution in [1.82, 2.24) is 5.32 Å². The average Bonchev–Trinajstić information content (AvgIpc) is 2.73. The van der Waals surface area contributed by atoms with E-state index in [1.807, 2.05) is 37.3 Å². The van der Waals surface area contributed by atoms with Crippen LogP contribution in [0.4, 0.5) is 0 Å². The molecule has 0 amide bonds. The minimum Gasteiger partial charge on any atom is -0.489 e. The van der Waals surface area contributed by atoms with E-state index in [-0.39, 0.29) is 12.0 Å². The molecule has 1 aliphatic heterocycles. The fourth-order valence-corrected chi connectivity index (χ4v) is 2.33. The first kappa shape index (κ1) is 11.9. The second kappa shape index (κ2) is 5.19. The number of para-hydroxylation sites is 1. The van der Waals surface area contributed by atoms with Crippen molar-refractivity contribution in [3.63, 3.8) is 0 Å². The minimum absolute atomic E-state index is 0.0210. The van der Waals surface area contributed by atoms with Gasteiger partial charge < -0.3 is 15.2 Å². The lowest BCUT2D eigenvalue weighted by Crippen LogP contribution is -2.36. The summed E-state index contributed by atoms with van der Waals surface area (Å²) in [5, 5.41) is 12.1. The van der Waals surface area contributed by atoms with Gasteiger partial charge in [-0.1, -0.05) is 25.1 Å². The number of nitrogens with one attached hydrogen (secondary N) is 1. The molecule has 4 nitrogen and oxygen atoms in total. The maximum atomic E-state index is 11.1. The lowest BCUT2D eigenvalue weighted by Gasteiger charge is -2.21. The molecule has 2 rings (SSSR count). The molecule has 0 radical (unpaired) electrons. The molecular formula is C13H17NO3. The first-order valence-corrected chi connectivity index (χ1v) is 5.90. The van der Waals surface area contributed by atoms with Crippen LogP contribution in [0.2, 0.25) is 0 Å². The Balaban J connectivity index is 2.05. The maximum Gasteiger partial charge on any atom is 0.321 e. The molecule has 0 aromatic heterocycles. The highest BCUT2D eigenvalue weighted by molar-refractivity contribution is 5.74. The molecule has 1 aromatic carbocycles. The van der Waals surface area contributed by atoms with Crippen LogP contribution in [-0.2, 0) is 4.79 Å². The Labute approximate surface area is 101 Å². The van der Waals surface area contributed by atoms with Crippen molar-refractivity contribution >= 4 is 5.97 Å². The van der Waals surface area contributed by atoms with Crippen molar-refractivity contribution in [2.45, 2.75) is 25.5 Å². The van der Waals surface area contributed by atoms with Crippen molar-refractivity contribution in [2.24, 2.45) is 5.92 Å². The van der Waals surface area contributed by atoms with Gasteiger partial charge in [-0.05, 0) is 18.6 Å². The summed E-state index contributed by atoms with van der Waals surface area (Å²) in [5.41, 5.74) is 0. The highest BCUT2D eigenvalue weighted by atomic mass is 16.5. The van der Waals surface area contributed by atoms with Crippen LogP contribution in [0.3, 0.4) is 0 Å². The molecule has 1 heterocycles. The third-order valence-corrected chi connectivity index (χ3v) is 3.21. The second-order valence-electron chi connectivity index (χ2n) is 4.27. The van der Waals surface area contributed by atoms with Crippen molar-refractivity contribution < 1.29 is 14.6 Å². The summed E-state index contributed by atoms with van der Waals surface area (Å²) in [4.78, 5) is 11.1. The Kier molecular flexibility index (Phi) is 3.64. The number of hydrogen-bond donors (Lipinski definition) is 2. The zero-order chi connectivity index (χ0) is 12.3. The predicted octanol–water partition coefficient (Wildman–Crippen LogP) is 1.52. The van der Waals surface area contributed by atoms with E-state index >= 15 is 0 Å². The molecule has 0 bridgehead atoms. The van der Waals surface area contributed by atoms with Gasteiger partial charge in [0.1, 0.15) is 17.9 Å². The van der Waals surface area contributed by atoms with Crippen LogP contribution in [0.5, 0.6) is 5.75 Å². The fraction of sp³-hybridized carbons (Fsp3) is 0.462. The van der Waals surface area contributed by atoms with Crippen molar-refractivity contribution in [3.8, 4) is 5.75 Å². The normalized spacial score (nSPS) is 27.9. The number of carboxylic acids is 1. The molecule has 1 fully saturated rings. The Morgan fingerprint density at radius 2 is 2.18 bits per heavy atom. The van der Waals surface area contributed by atoms with Crippen LogP contribution in [-0.4, -0.2) is 29.8 Å². The Bertz CT molecular complexity index is 380. The maximum absolute atomic E-state index is 11.1. The number of carboxylic acid groups (broad SMARTS) is 1. The van der Waals surface area contributed by atoms with Crippen LogP contribution in [0.25, 0.3) is 0 Å².